The quantitative estimate of drug-likeness (QED) is 0.421. The highest BCUT2D eigenvalue weighted by Crippen LogP contribution is 2.32. The maximum atomic E-state index is 13.9. The minimum absolute atomic E-state index is 0.0931. The van der Waals surface area contributed by atoms with E-state index in [1.165, 1.54) is 31.6 Å². The van der Waals surface area contributed by atoms with E-state index in [4.69, 9.17) is 9.47 Å². The van der Waals surface area contributed by atoms with E-state index in [1.807, 2.05) is 38.1 Å². The van der Waals surface area contributed by atoms with Gasteiger partial charge in [0.25, 0.3) is 0 Å². The van der Waals surface area contributed by atoms with Gasteiger partial charge >= 0.3 is 0 Å². The fraction of sp³-hybridized carbons (Fsp3) is 0.517. The van der Waals surface area contributed by atoms with Crippen LogP contribution in [-0.4, -0.2) is 64.2 Å². The Morgan fingerprint density at radius 1 is 1.03 bits per heavy atom. The average molecular weight is 560 g/mol. The van der Waals surface area contributed by atoms with Gasteiger partial charge in [0.05, 0.1) is 26.2 Å². The maximum absolute atomic E-state index is 13.9. The van der Waals surface area contributed by atoms with Crippen molar-refractivity contribution >= 4 is 27.5 Å². The fourth-order valence-electron chi connectivity index (χ4n) is 5.06. The highest BCUT2D eigenvalue weighted by molar-refractivity contribution is 7.92. The first-order valence-corrected chi connectivity index (χ1v) is 15.3. The van der Waals surface area contributed by atoms with Gasteiger partial charge in [-0.3, -0.25) is 13.9 Å². The number of methoxy groups -OCH3 is 2. The van der Waals surface area contributed by atoms with E-state index in [1.54, 1.807) is 12.1 Å². The van der Waals surface area contributed by atoms with Crippen LogP contribution in [0.4, 0.5) is 5.69 Å². The van der Waals surface area contributed by atoms with Crippen molar-refractivity contribution in [3.8, 4) is 11.5 Å². The van der Waals surface area contributed by atoms with Crippen molar-refractivity contribution < 1.29 is 27.5 Å². The molecular formula is C29H41N3O6S. The molecule has 1 atom stereocenters. The van der Waals surface area contributed by atoms with Gasteiger partial charge in [-0.15, -0.1) is 0 Å². The van der Waals surface area contributed by atoms with Crippen LogP contribution in [0.1, 0.15) is 56.6 Å². The Labute approximate surface area is 232 Å². The predicted molar refractivity (Wildman–Crippen MR) is 153 cm³/mol. The fourth-order valence-corrected chi connectivity index (χ4v) is 5.91. The van der Waals surface area contributed by atoms with Crippen molar-refractivity contribution in [2.75, 3.05) is 31.3 Å². The summed E-state index contributed by atoms with van der Waals surface area (Å²) in [7, 11) is -0.913. The van der Waals surface area contributed by atoms with Crippen LogP contribution in [0.3, 0.4) is 0 Å². The number of hydrogen-bond donors (Lipinski definition) is 1. The molecule has 2 aromatic rings. The molecule has 2 amide bonds. The normalized spacial score (nSPS) is 14.8. The molecule has 0 saturated heterocycles. The molecule has 1 fully saturated rings. The molecule has 10 heteroatoms. The number of anilines is 1. The number of hydrogen-bond acceptors (Lipinski definition) is 6. The Hall–Kier alpha value is -3.27. The molecule has 1 aliphatic carbocycles. The van der Waals surface area contributed by atoms with E-state index in [0.717, 1.165) is 47.4 Å². The predicted octanol–water partition coefficient (Wildman–Crippen LogP) is 4.03. The van der Waals surface area contributed by atoms with Gasteiger partial charge in [-0.1, -0.05) is 56.0 Å². The molecular weight excluding hydrogens is 518 g/mol. The molecule has 9 nitrogen and oxygen atoms in total. The number of aryl methyl sites for hydroxylation is 1. The van der Waals surface area contributed by atoms with Gasteiger partial charge < -0.3 is 19.7 Å². The van der Waals surface area contributed by atoms with Crippen molar-refractivity contribution in [1.29, 1.82) is 0 Å². The summed E-state index contributed by atoms with van der Waals surface area (Å²) in [5.41, 5.74) is 2.16. The molecule has 0 heterocycles. The number of ether oxygens (including phenoxy) is 2. The number of carbonyl (C=O) groups is 2. The number of sulfonamides is 1. The Bertz CT molecular complexity index is 1240. The first-order valence-electron chi connectivity index (χ1n) is 13.4. The van der Waals surface area contributed by atoms with Crippen LogP contribution < -0.4 is 19.1 Å². The molecule has 0 aromatic heterocycles. The van der Waals surface area contributed by atoms with Crippen LogP contribution in [-0.2, 0) is 26.2 Å². The Balaban J connectivity index is 1.94. The van der Waals surface area contributed by atoms with Crippen molar-refractivity contribution in [2.24, 2.45) is 0 Å². The molecule has 0 radical (unpaired) electrons. The third-order valence-corrected chi connectivity index (χ3v) is 8.25. The van der Waals surface area contributed by atoms with Crippen molar-refractivity contribution in [3.63, 3.8) is 0 Å². The minimum Gasteiger partial charge on any atom is -0.493 e. The zero-order chi connectivity index (χ0) is 28.6. The monoisotopic (exact) mass is 559 g/mol. The zero-order valence-electron chi connectivity index (χ0n) is 23.6. The van der Waals surface area contributed by atoms with Crippen molar-refractivity contribution in [1.82, 2.24) is 10.2 Å². The lowest BCUT2D eigenvalue weighted by Crippen LogP contribution is -2.53. The summed E-state index contributed by atoms with van der Waals surface area (Å²) >= 11 is 0. The van der Waals surface area contributed by atoms with Crippen LogP contribution in [0.5, 0.6) is 11.5 Å². The SMILES string of the molecule is CC[C@H](C(=O)NC1CCCCC1)N(Cc1cccc(C)c1)C(=O)CN(c1ccc(OC)c(OC)c1)S(C)(=O)=O. The second-order valence-corrected chi connectivity index (χ2v) is 12.0. The zero-order valence-corrected chi connectivity index (χ0v) is 24.4. The van der Waals surface area contributed by atoms with E-state index < -0.39 is 28.5 Å². The summed E-state index contributed by atoms with van der Waals surface area (Å²) in [6.45, 7) is 3.55. The van der Waals surface area contributed by atoms with Gasteiger partial charge in [0, 0.05) is 18.7 Å². The van der Waals surface area contributed by atoms with Gasteiger partial charge in [0.2, 0.25) is 21.8 Å². The third-order valence-electron chi connectivity index (χ3n) is 7.11. The number of nitrogens with zero attached hydrogens (tertiary/aromatic N) is 2. The van der Waals surface area contributed by atoms with Gasteiger partial charge in [0.15, 0.2) is 11.5 Å². The van der Waals surface area contributed by atoms with Crippen LogP contribution in [0, 0.1) is 6.92 Å². The summed E-state index contributed by atoms with van der Waals surface area (Å²) in [5, 5.41) is 3.15. The minimum atomic E-state index is -3.86. The van der Waals surface area contributed by atoms with Crippen LogP contribution in [0.15, 0.2) is 42.5 Å². The standard InChI is InChI=1S/C29H41N3O6S/c1-6-25(29(34)30-23-13-8-7-9-14-23)31(19-22-12-10-11-21(2)17-22)28(33)20-32(39(5,35)36)24-15-16-26(37-3)27(18-24)38-4/h10-12,15-18,23,25H,6-9,13-14,19-20H2,1-5H3,(H,30,34)/t25-/m1/s1. The Kier molecular flexibility index (Phi) is 10.6. The van der Waals surface area contributed by atoms with Crippen LogP contribution >= 0.6 is 0 Å². The van der Waals surface area contributed by atoms with Crippen LogP contribution in [0.2, 0.25) is 0 Å². The second kappa shape index (κ2) is 13.7. The van der Waals surface area contributed by atoms with E-state index in [0.29, 0.717) is 17.9 Å². The molecule has 0 aliphatic heterocycles. The summed E-state index contributed by atoms with van der Waals surface area (Å²) in [6, 6.07) is 11.8. The second-order valence-electron chi connectivity index (χ2n) is 10.1. The van der Waals surface area contributed by atoms with Gasteiger partial charge in [-0.05, 0) is 43.9 Å². The van der Waals surface area contributed by atoms with Gasteiger partial charge in [-0.2, -0.15) is 0 Å². The number of nitrogens with one attached hydrogen (secondary N) is 1. The van der Waals surface area contributed by atoms with Gasteiger partial charge in [0.1, 0.15) is 12.6 Å². The van der Waals surface area contributed by atoms with Crippen molar-refractivity contribution in [3.05, 3.63) is 53.6 Å². The van der Waals surface area contributed by atoms with Crippen LogP contribution in [0.25, 0.3) is 0 Å². The Morgan fingerprint density at radius 2 is 1.72 bits per heavy atom. The average Bonchev–Trinajstić information content (AvgIpc) is 2.91. The van der Waals surface area contributed by atoms with E-state index >= 15 is 0 Å². The summed E-state index contributed by atoms with van der Waals surface area (Å²) in [4.78, 5) is 28.9. The smallest absolute Gasteiger partial charge is 0.244 e. The Morgan fingerprint density at radius 3 is 2.31 bits per heavy atom. The highest BCUT2D eigenvalue weighted by atomic mass is 32.2. The molecule has 1 N–H and O–H groups in total. The van der Waals surface area contributed by atoms with Gasteiger partial charge in [-0.25, -0.2) is 8.42 Å². The lowest BCUT2D eigenvalue weighted by atomic mass is 9.95. The molecule has 0 spiro atoms. The molecule has 1 saturated carbocycles. The maximum Gasteiger partial charge on any atom is 0.244 e. The van der Waals surface area contributed by atoms with Crippen molar-refractivity contribution in [2.45, 2.75) is 71.0 Å². The summed E-state index contributed by atoms with van der Waals surface area (Å²) in [6.07, 6.45) is 6.61. The third kappa shape index (κ3) is 8.11. The summed E-state index contributed by atoms with van der Waals surface area (Å²) in [5.74, 6) is 0.100. The first kappa shape index (κ1) is 30.3. The lowest BCUT2D eigenvalue weighted by Gasteiger charge is -2.34. The molecule has 214 valence electrons. The molecule has 39 heavy (non-hydrogen) atoms. The number of carbonyl (C=O) groups excluding carboxylic acids is 2. The largest absolute Gasteiger partial charge is 0.493 e. The van der Waals surface area contributed by atoms with E-state index in [2.05, 4.69) is 5.32 Å². The summed E-state index contributed by atoms with van der Waals surface area (Å²) < 4.78 is 37.4. The number of amides is 2. The molecule has 2 aromatic carbocycles. The first-order chi connectivity index (χ1) is 18.6. The molecule has 0 unspecified atom stereocenters. The lowest BCUT2D eigenvalue weighted by molar-refractivity contribution is -0.140. The molecule has 0 bridgehead atoms. The topological polar surface area (TPSA) is 105 Å². The highest BCUT2D eigenvalue weighted by Gasteiger charge is 2.33. The molecule has 3 rings (SSSR count). The number of rotatable bonds is 12. The van der Waals surface area contributed by atoms with E-state index in [9.17, 15) is 18.0 Å². The number of benzene rings is 2. The van der Waals surface area contributed by atoms with E-state index in [-0.39, 0.29) is 24.2 Å². The molecule has 1 aliphatic rings.